The maximum atomic E-state index is 13.3. The van der Waals surface area contributed by atoms with Crippen molar-refractivity contribution in [2.24, 2.45) is 5.41 Å². The maximum Gasteiger partial charge on any atom is 0.256 e. The van der Waals surface area contributed by atoms with E-state index in [9.17, 15) is 15.0 Å². The highest BCUT2D eigenvalue weighted by Crippen LogP contribution is 2.38. The summed E-state index contributed by atoms with van der Waals surface area (Å²) in [5.74, 6) is -1.03. The van der Waals surface area contributed by atoms with E-state index in [1.165, 1.54) is 43.3 Å². The second-order valence-electron chi connectivity index (χ2n) is 8.65. The molecule has 0 heterocycles. The molecule has 0 unspecified atom stereocenters. The van der Waals surface area contributed by atoms with Crippen molar-refractivity contribution in [2.45, 2.75) is 70.5 Å². The van der Waals surface area contributed by atoms with E-state index in [-0.39, 0.29) is 16.9 Å². The lowest BCUT2D eigenvalue weighted by Gasteiger charge is -2.33. The Bertz CT molecular complexity index is 1130. The number of hydrogen-bond donors (Lipinski definition) is 3. The number of nitrogens with one attached hydrogen (secondary N) is 1. The summed E-state index contributed by atoms with van der Waals surface area (Å²) < 4.78 is 70.0. The third-order valence-electron chi connectivity index (χ3n) is 5.81. The topological polar surface area (TPSA) is 78.8 Å². The first-order valence-electron chi connectivity index (χ1n) is 14.4. The Morgan fingerprint density at radius 1 is 1.16 bits per heavy atom. The molecule has 2 atom stereocenters. The van der Waals surface area contributed by atoms with E-state index in [0.29, 0.717) is 12.8 Å². The van der Waals surface area contributed by atoms with Crippen molar-refractivity contribution in [3.05, 3.63) is 65.7 Å². The molecule has 31 heavy (non-hydrogen) atoms. The van der Waals surface area contributed by atoms with Crippen LogP contribution >= 0.6 is 0 Å². The molecule has 0 aliphatic heterocycles. The normalized spacial score (nSPS) is 23.9. The Morgan fingerprint density at radius 3 is 2.35 bits per heavy atom. The van der Waals surface area contributed by atoms with Crippen molar-refractivity contribution in [1.29, 1.82) is 0 Å². The van der Waals surface area contributed by atoms with E-state index in [2.05, 4.69) is 5.32 Å². The van der Waals surface area contributed by atoms with E-state index >= 15 is 0 Å². The van der Waals surface area contributed by atoms with Gasteiger partial charge in [0, 0.05) is 13.6 Å². The highest BCUT2D eigenvalue weighted by Gasteiger charge is 2.38. The van der Waals surface area contributed by atoms with E-state index in [1.54, 1.807) is 18.2 Å². The van der Waals surface area contributed by atoms with Gasteiger partial charge in [0.2, 0.25) is 0 Å². The molecule has 0 saturated heterocycles. The van der Waals surface area contributed by atoms with Crippen LogP contribution in [0.5, 0.6) is 5.75 Å². The molecule has 1 aliphatic carbocycles. The average Bonchev–Trinajstić information content (AvgIpc) is 3.30. The predicted octanol–water partition coefficient (Wildman–Crippen LogP) is 4.48. The summed E-state index contributed by atoms with van der Waals surface area (Å²) in [6, 6.07) is 10.9. The zero-order valence-electron chi connectivity index (χ0n) is 25.8. The summed E-state index contributed by atoms with van der Waals surface area (Å²) in [6.45, 7) is -6.01. The van der Waals surface area contributed by atoms with Crippen molar-refractivity contribution in [3.8, 4) is 5.75 Å². The Morgan fingerprint density at radius 2 is 1.77 bits per heavy atom. The molecule has 5 heteroatoms. The Balaban J connectivity index is 2.02. The summed E-state index contributed by atoms with van der Waals surface area (Å²) in [7, 11) is 0. The first-order chi connectivity index (χ1) is 17.8. The fraction of sp³-hybridized carbons (Fsp3) is 0.500. The smallest absolute Gasteiger partial charge is 0.256 e. The first kappa shape index (κ1) is 14.6. The number of rotatable bonds is 8. The molecular formula is C26H35NO4. The van der Waals surface area contributed by atoms with Crippen LogP contribution in [0, 0.1) is 5.41 Å². The van der Waals surface area contributed by atoms with Gasteiger partial charge in [-0.2, -0.15) is 0 Å². The molecule has 0 radical (unpaired) electrons. The first-order valence-corrected chi connectivity index (χ1v) is 10.4. The van der Waals surface area contributed by atoms with E-state index in [1.807, 2.05) is 6.92 Å². The minimum absolute atomic E-state index is 0.0954. The largest absolute Gasteiger partial charge is 0.493 e. The van der Waals surface area contributed by atoms with Crippen LogP contribution < -0.4 is 10.1 Å². The number of ether oxygens (including phenoxy) is 1. The number of carbonyl (C=O) groups excluding carboxylic acids is 1. The highest BCUT2D eigenvalue weighted by atomic mass is 16.5. The number of carbonyl (C=O) groups is 1. The molecule has 2 aromatic carbocycles. The maximum absolute atomic E-state index is 13.3. The van der Waals surface area contributed by atoms with Crippen LogP contribution in [0.25, 0.3) is 0 Å². The van der Waals surface area contributed by atoms with Gasteiger partial charge < -0.3 is 20.3 Å². The van der Waals surface area contributed by atoms with Crippen molar-refractivity contribution >= 4 is 5.91 Å². The molecule has 1 aliphatic rings. The number of hydrogen-bond acceptors (Lipinski definition) is 4. The van der Waals surface area contributed by atoms with Gasteiger partial charge in [-0.15, -0.1) is 0 Å². The Labute approximate surface area is 196 Å². The van der Waals surface area contributed by atoms with Crippen molar-refractivity contribution < 1.29 is 30.7 Å². The number of benzene rings is 2. The van der Waals surface area contributed by atoms with Crippen LogP contribution in [-0.2, 0) is 10.4 Å². The third-order valence-corrected chi connectivity index (χ3v) is 5.81. The summed E-state index contributed by atoms with van der Waals surface area (Å²) in [6.07, 6.45) is 3.07. The fourth-order valence-electron chi connectivity index (χ4n) is 3.76. The lowest BCUT2D eigenvalue weighted by molar-refractivity contribution is -0.141. The molecule has 5 nitrogen and oxygen atoms in total. The number of amides is 1. The summed E-state index contributed by atoms with van der Waals surface area (Å²) >= 11 is 0. The van der Waals surface area contributed by atoms with Crippen molar-refractivity contribution in [1.82, 2.24) is 5.32 Å². The molecule has 0 aromatic heterocycles. The van der Waals surface area contributed by atoms with Gasteiger partial charge in [-0.1, -0.05) is 62.2 Å². The van der Waals surface area contributed by atoms with Crippen LogP contribution in [0.1, 0.15) is 81.4 Å². The molecule has 3 rings (SSSR count). The lowest BCUT2D eigenvalue weighted by Crippen LogP contribution is -2.49. The van der Waals surface area contributed by atoms with Crippen LogP contribution in [0.3, 0.4) is 0 Å². The van der Waals surface area contributed by atoms with Gasteiger partial charge in [-0.25, -0.2) is 0 Å². The third kappa shape index (κ3) is 5.66. The fourth-order valence-corrected chi connectivity index (χ4v) is 3.76. The molecule has 0 spiro atoms. The Kier molecular flexibility index (Phi) is 4.26. The minimum atomic E-state index is -3.49. The lowest BCUT2D eigenvalue weighted by atomic mass is 9.89. The van der Waals surface area contributed by atoms with Gasteiger partial charge in [0.15, 0.2) is 5.60 Å². The van der Waals surface area contributed by atoms with E-state index in [4.69, 9.17) is 15.7 Å². The van der Waals surface area contributed by atoms with Crippen LogP contribution in [-0.4, -0.2) is 28.3 Å². The van der Waals surface area contributed by atoms with Crippen LogP contribution in [0.4, 0.5) is 0 Å². The monoisotopic (exact) mass is 433 g/mol. The van der Waals surface area contributed by atoms with Crippen LogP contribution in [0.2, 0.25) is 0 Å². The average molecular weight is 434 g/mol. The van der Waals surface area contributed by atoms with Gasteiger partial charge in [-0.3, -0.25) is 4.79 Å². The molecule has 1 fully saturated rings. The van der Waals surface area contributed by atoms with Crippen molar-refractivity contribution in [3.63, 3.8) is 0 Å². The second-order valence-corrected chi connectivity index (χ2v) is 8.65. The molecule has 1 amide bonds. The summed E-state index contributed by atoms with van der Waals surface area (Å²) in [4.78, 5) is 13.3. The predicted molar refractivity (Wildman–Crippen MR) is 122 cm³/mol. The molecule has 3 N–H and O–H groups in total. The van der Waals surface area contributed by atoms with Gasteiger partial charge in [0.1, 0.15) is 5.75 Å². The minimum Gasteiger partial charge on any atom is -0.493 e. The second kappa shape index (κ2) is 9.01. The Hall–Kier alpha value is -2.37. The molecule has 0 bridgehead atoms. The standard InChI is InChI=1S/C26H35NO4/c1-24(2,29)22(27-23(28)26(4,30)20-10-6-5-7-11-20)19-12-14-21(15-13-19)31-18-25(3)16-8-9-17-25/h5-7,10-15,22,29-30H,8-9,16-18H2,1-4H3,(H,27,28)/t22-,26-/m1/s1/i1D3,2D3,18D2. The van der Waals surface area contributed by atoms with Gasteiger partial charge in [0.05, 0.1) is 20.9 Å². The van der Waals surface area contributed by atoms with E-state index in [0.717, 1.165) is 12.8 Å². The summed E-state index contributed by atoms with van der Waals surface area (Å²) in [5.41, 5.74) is -6.27. The van der Waals surface area contributed by atoms with Gasteiger partial charge in [0.25, 0.3) is 5.91 Å². The SMILES string of the molecule is [2H]C([2H])([2H])C(O)([C@H](NC(=O)[C@](C)(O)c1ccccc1)c1ccc(OC([2H])([2H])C2(C)CCCC2)cc1)C([2H])([2H])[2H]. The quantitative estimate of drug-likeness (QED) is 0.573. The van der Waals surface area contributed by atoms with Crippen molar-refractivity contribution in [2.75, 3.05) is 6.56 Å². The highest BCUT2D eigenvalue weighted by molar-refractivity contribution is 5.86. The molecule has 1 saturated carbocycles. The molecule has 168 valence electrons. The van der Waals surface area contributed by atoms with E-state index < -0.39 is 48.8 Å². The zero-order valence-corrected chi connectivity index (χ0v) is 17.8. The zero-order chi connectivity index (χ0) is 29.5. The molecule has 2 aromatic rings. The number of aliphatic hydroxyl groups is 2. The van der Waals surface area contributed by atoms with Crippen LogP contribution in [0.15, 0.2) is 54.6 Å². The summed E-state index contributed by atoms with van der Waals surface area (Å²) in [5, 5.41) is 24.6. The molecular weight excluding hydrogens is 390 g/mol. The van der Waals surface area contributed by atoms with Gasteiger partial charge >= 0.3 is 0 Å². The van der Waals surface area contributed by atoms with Gasteiger partial charge in [-0.05, 0) is 56.7 Å².